The molecule has 5 heteroatoms. The first kappa shape index (κ1) is 18.6. The van der Waals surface area contributed by atoms with Gasteiger partial charge in [-0.25, -0.2) is 4.39 Å². The van der Waals surface area contributed by atoms with E-state index in [1.807, 2.05) is 0 Å². The van der Waals surface area contributed by atoms with Gasteiger partial charge in [0.1, 0.15) is 5.82 Å². The van der Waals surface area contributed by atoms with Crippen molar-refractivity contribution < 1.29 is 4.39 Å². The summed E-state index contributed by atoms with van der Waals surface area (Å²) in [4.78, 5) is 0. The minimum atomic E-state index is -1.78. The third-order valence-corrected chi connectivity index (χ3v) is 9.06. The molecular formula is C20H25BrFNSi2. The summed E-state index contributed by atoms with van der Waals surface area (Å²) in [7, 11) is -3.56. The van der Waals surface area contributed by atoms with Crippen LogP contribution in [-0.2, 0) is 0 Å². The molecule has 0 N–H and O–H groups in total. The summed E-state index contributed by atoms with van der Waals surface area (Å²) < 4.78 is 18.6. The summed E-state index contributed by atoms with van der Waals surface area (Å²) in [5.41, 5.74) is 2.23. The SMILES string of the molecule is C[Si](C)(C)c1cc(-n2ccc3cc(Br)ccc32)cc([Si](C)(C)C)c1F. The Labute approximate surface area is 160 Å². The van der Waals surface area contributed by atoms with Gasteiger partial charge in [-0.1, -0.05) is 55.2 Å². The molecule has 0 atom stereocenters. The fraction of sp³-hybridized carbons (Fsp3) is 0.300. The summed E-state index contributed by atoms with van der Waals surface area (Å²) in [6, 6.07) is 12.6. The van der Waals surface area contributed by atoms with Crippen molar-refractivity contribution in [2.75, 3.05) is 0 Å². The average molecular weight is 435 g/mol. The minimum Gasteiger partial charge on any atom is -0.317 e. The average Bonchev–Trinajstić information content (AvgIpc) is 2.88. The third-order valence-electron chi connectivity index (χ3n) is 4.60. The minimum absolute atomic E-state index is 0.0429. The molecule has 0 saturated carbocycles. The second kappa shape index (κ2) is 6.21. The van der Waals surface area contributed by atoms with E-state index in [0.717, 1.165) is 26.1 Å². The molecule has 1 nitrogen and oxygen atoms in total. The maximum Gasteiger partial charge on any atom is 0.121 e. The van der Waals surface area contributed by atoms with Gasteiger partial charge in [-0.05, 0) is 46.8 Å². The van der Waals surface area contributed by atoms with Gasteiger partial charge in [0, 0.05) is 21.7 Å². The Bertz CT molecular complexity index is 913. The molecule has 132 valence electrons. The second-order valence-corrected chi connectivity index (χ2v) is 19.7. The molecule has 3 aromatic rings. The lowest BCUT2D eigenvalue weighted by atomic mass is 10.2. The van der Waals surface area contributed by atoms with E-state index in [2.05, 4.69) is 102 Å². The van der Waals surface area contributed by atoms with Gasteiger partial charge < -0.3 is 4.57 Å². The van der Waals surface area contributed by atoms with E-state index in [-0.39, 0.29) is 5.82 Å². The molecule has 3 rings (SSSR count). The molecule has 0 aliphatic rings. The molecule has 0 bridgehead atoms. The molecule has 0 spiro atoms. The molecule has 1 aromatic heterocycles. The van der Waals surface area contributed by atoms with E-state index in [1.54, 1.807) is 0 Å². The molecule has 0 saturated heterocycles. The van der Waals surface area contributed by atoms with Crippen LogP contribution in [0.2, 0.25) is 39.3 Å². The Hall–Kier alpha value is -1.18. The first-order chi connectivity index (χ1) is 11.5. The van der Waals surface area contributed by atoms with E-state index in [1.165, 1.54) is 5.39 Å². The van der Waals surface area contributed by atoms with Crippen LogP contribution in [0.15, 0.2) is 47.1 Å². The first-order valence-corrected chi connectivity index (χ1v) is 16.4. The zero-order valence-electron chi connectivity index (χ0n) is 15.7. The molecule has 0 amide bonds. The largest absolute Gasteiger partial charge is 0.317 e. The van der Waals surface area contributed by atoms with Gasteiger partial charge in [0.2, 0.25) is 0 Å². The smallest absolute Gasteiger partial charge is 0.121 e. The zero-order chi connectivity index (χ0) is 18.6. The topological polar surface area (TPSA) is 4.93 Å². The molecule has 0 fully saturated rings. The van der Waals surface area contributed by atoms with Gasteiger partial charge in [0.05, 0.1) is 21.7 Å². The lowest BCUT2D eigenvalue weighted by Crippen LogP contribution is -2.49. The van der Waals surface area contributed by atoms with Crippen LogP contribution in [0, 0.1) is 5.82 Å². The predicted octanol–water partition coefficient (Wildman–Crippen LogP) is 5.62. The predicted molar refractivity (Wildman–Crippen MR) is 117 cm³/mol. The Kier molecular flexibility index (Phi) is 4.63. The number of hydrogen-bond donors (Lipinski definition) is 0. The highest BCUT2D eigenvalue weighted by Crippen LogP contribution is 2.24. The van der Waals surface area contributed by atoms with E-state index in [4.69, 9.17) is 0 Å². The van der Waals surface area contributed by atoms with Crippen molar-refractivity contribution >= 4 is 53.4 Å². The fourth-order valence-corrected chi connectivity index (χ4v) is 6.43. The molecule has 0 unspecified atom stereocenters. The molecular weight excluding hydrogens is 409 g/mol. The summed E-state index contributed by atoms with van der Waals surface area (Å²) in [5, 5.41) is 3.05. The van der Waals surface area contributed by atoms with Gasteiger partial charge in [-0.3, -0.25) is 0 Å². The quantitative estimate of drug-likeness (QED) is 0.472. The summed E-state index contributed by atoms with van der Waals surface area (Å²) in [6.07, 6.45) is 2.09. The number of nitrogens with zero attached hydrogens (tertiary/aromatic N) is 1. The van der Waals surface area contributed by atoms with Crippen molar-refractivity contribution in [3.63, 3.8) is 0 Å². The van der Waals surface area contributed by atoms with Crippen molar-refractivity contribution in [3.05, 3.63) is 52.9 Å². The van der Waals surface area contributed by atoms with Gasteiger partial charge in [-0.2, -0.15) is 0 Å². The van der Waals surface area contributed by atoms with Crippen molar-refractivity contribution in [1.29, 1.82) is 0 Å². The Morgan fingerprint density at radius 1 is 0.840 bits per heavy atom. The van der Waals surface area contributed by atoms with Crippen molar-refractivity contribution in [1.82, 2.24) is 4.57 Å². The zero-order valence-corrected chi connectivity index (χ0v) is 19.3. The molecule has 1 heterocycles. The Morgan fingerprint density at radius 3 is 1.92 bits per heavy atom. The fourth-order valence-electron chi connectivity index (χ4n) is 3.18. The van der Waals surface area contributed by atoms with Gasteiger partial charge in [0.15, 0.2) is 0 Å². The maximum absolute atomic E-state index is 15.3. The number of rotatable bonds is 3. The van der Waals surface area contributed by atoms with Crippen molar-refractivity contribution in [3.8, 4) is 5.69 Å². The van der Waals surface area contributed by atoms with Crippen LogP contribution in [0.4, 0.5) is 4.39 Å². The summed E-state index contributed by atoms with van der Waals surface area (Å²) >= 11 is 3.54. The van der Waals surface area contributed by atoms with Crippen LogP contribution in [0.25, 0.3) is 16.6 Å². The number of hydrogen-bond acceptors (Lipinski definition) is 0. The van der Waals surface area contributed by atoms with Gasteiger partial charge in [0.25, 0.3) is 0 Å². The normalized spacial score (nSPS) is 12.8. The lowest BCUT2D eigenvalue weighted by molar-refractivity contribution is 0.642. The monoisotopic (exact) mass is 433 g/mol. The van der Waals surface area contributed by atoms with Crippen LogP contribution in [0.5, 0.6) is 0 Å². The molecule has 2 aromatic carbocycles. The highest BCUT2D eigenvalue weighted by atomic mass is 79.9. The van der Waals surface area contributed by atoms with E-state index >= 15 is 4.39 Å². The third kappa shape index (κ3) is 3.55. The first-order valence-electron chi connectivity index (χ1n) is 8.60. The molecule has 25 heavy (non-hydrogen) atoms. The van der Waals surface area contributed by atoms with Gasteiger partial charge >= 0.3 is 0 Å². The Balaban J connectivity index is 2.32. The number of aromatic nitrogens is 1. The molecule has 0 aliphatic carbocycles. The van der Waals surface area contributed by atoms with Crippen LogP contribution < -0.4 is 10.4 Å². The number of benzene rings is 2. The van der Waals surface area contributed by atoms with Crippen LogP contribution in [0.3, 0.4) is 0 Å². The number of halogens is 2. The van der Waals surface area contributed by atoms with E-state index in [9.17, 15) is 0 Å². The second-order valence-electron chi connectivity index (χ2n) is 8.74. The summed E-state index contributed by atoms with van der Waals surface area (Å²) in [5.74, 6) is 0.0429. The maximum atomic E-state index is 15.3. The van der Waals surface area contributed by atoms with E-state index in [0.29, 0.717) is 0 Å². The Morgan fingerprint density at radius 2 is 1.40 bits per heavy atom. The van der Waals surface area contributed by atoms with E-state index < -0.39 is 16.1 Å². The summed E-state index contributed by atoms with van der Waals surface area (Å²) in [6.45, 7) is 13.3. The highest BCUT2D eigenvalue weighted by Gasteiger charge is 2.29. The lowest BCUT2D eigenvalue weighted by Gasteiger charge is -2.26. The standard InChI is InChI=1S/C20H25BrFNSi2/c1-24(2,3)18-12-16(13-19(20(18)22)25(4,5)6)23-10-9-14-11-15(21)7-8-17(14)23/h7-13H,1-6H3. The van der Waals surface area contributed by atoms with Crippen LogP contribution in [-0.4, -0.2) is 20.7 Å². The molecule has 0 aliphatic heterocycles. The number of fused-ring (bicyclic) bond motifs is 1. The van der Waals surface area contributed by atoms with Crippen LogP contribution in [0.1, 0.15) is 0 Å². The highest BCUT2D eigenvalue weighted by molar-refractivity contribution is 9.10. The van der Waals surface area contributed by atoms with Crippen molar-refractivity contribution in [2.24, 2.45) is 0 Å². The molecule has 0 radical (unpaired) electrons. The van der Waals surface area contributed by atoms with Gasteiger partial charge in [-0.15, -0.1) is 0 Å². The van der Waals surface area contributed by atoms with Crippen LogP contribution >= 0.6 is 15.9 Å². The van der Waals surface area contributed by atoms with Crippen molar-refractivity contribution in [2.45, 2.75) is 39.3 Å².